The maximum atomic E-state index is 14.3. The molecule has 1 N–H and O–H groups in total. The molecule has 0 aromatic heterocycles. The zero-order valence-electron chi connectivity index (χ0n) is 23.5. The summed E-state index contributed by atoms with van der Waals surface area (Å²) in [6, 6.07) is 18.3. The first-order valence-electron chi connectivity index (χ1n) is 14.5. The van der Waals surface area contributed by atoms with E-state index in [9.17, 15) is 28.7 Å². The fraction of sp³-hybridized carbons (Fsp3) is 0.294. The van der Waals surface area contributed by atoms with Gasteiger partial charge < -0.3 is 5.11 Å². The summed E-state index contributed by atoms with van der Waals surface area (Å²) in [6.45, 7) is 2.01. The van der Waals surface area contributed by atoms with Crippen molar-refractivity contribution in [2.24, 2.45) is 17.8 Å². The topological polar surface area (TPSA) is 95.0 Å². The number of carbonyl (C=O) groups excluding carboxylic acids is 4. The number of hydrogen-bond acceptors (Lipinski definition) is 5. The second-order valence-electron chi connectivity index (χ2n) is 11.9. The van der Waals surface area contributed by atoms with Crippen LogP contribution >= 0.6 is 23.2 Å². The van der Waals surface area contributed by atoms with Crippen molar-refractivity contribution in [1.29, 1.82) is 0 Å². The van der Waals surface area contributed by atoms with Crippen LogP contribution in [-0.2, 0) is 25.6 Å². The number of benzene rings is 3. The molecule has 10 heteroatoms. The number of halogens is 3. The highest BCUT2D eigenvalue weighted by atomic mass is 35.5. The van der Waals surface area contributed by atoms with Crippen LogP contribution in [0.2, 0.25) is 0 Å². The van der Waals surface area contributed by atoms with Gasteiger partial charge in [-0.05, 0) is 84.8 Å². The van der Waals surface area contributed by atoms with Gasteiger partial charge in [-0.3, -0.25) is 24.1 Å². The van der Waals surface area contributed by atoms with Crippen molar-refractivity contribution in [1.82, 2.24) is 0 Å². The molecule has 4 amide bonds. The Morgan fingerprint density at radius 1 is 0.864 bits per heavy atom. The summed E-state index contributed by atoms with van der Waals surface area (Å²) < 4.78 is 13.8. The normalized spacial score (nSPS) is 31.1. The highest BCUT2D eigenvalue weighted by Crippen LogP contribution is 2.66. The van der Waals surface area contributed by atoms with Crippen molar-refractivity contribution < 1.29 is 28.7 Å². The molecular formula is C34H27Cl2FN2O5. The van der Waals surface area contributed by atoms with Gasteiger partial charge in [0.25, 0.3) is 11.8 Å². The first-order valence-corrected chi connectivity index (χ1v) is 15.2. The predicted octanol–water partition coefficient (Wildman–Crippen LogP) is 5.86. The van der Waals surface area contributed by atoms with Gasteiger partial charge in [0.05, 0.1) is 23.2 Å². The second kappa shape index (κ2) is 10.0. The van der Waals surface area contributed by atoms with Crippen molar-refractivity contribution in [2.75, 3.05) is 9.80 Å². The lowest BCUT2D eigenvalue weighted by Gasteiger charge is -2.50. The van der Waals surface area contributed by atoms with E-state index >= 15 is 0 Å². The monoisotopic (exact) mass is 632 g/mol. The molecule has 3 aromatic rings. The van der Waals surface area contributed by atoms with Crippen molar-refractivity contribution in [3.8, 4) is 5.75 Å². The van der Waals surface area contributed by atoms with E-state index in [2.05, 4.69) is 0 Å². The largest absolute Gasteiger partial charge is 0.508 e. The number of carbonyl (C=O) groups is 4. The number of anilines is 2. The molecule has 0 bridgehead atoms. The van der Waals surface area contributed by atoms with Crippen LogP contribution in [0, 0.1) is 23.6 Å². The van der Waals surface area contributed by atoms with Crippen LogP contribution < -0.4 is 9.80 Å². The van der Waals surface area contributed by atoms with Gasteiger partial charge in [0.1, 0.15) is 11.6 Å². The highest BCUT2D eigenvalue weighted by Gasteiger charge is 2.76. The third-order valence-electron chi connectivity index (χ3n) is 9.70. The number of nitrogens with zero attached hydrogens (tertiary/aromatic N) is 2. The van der Waals surface area contributed by atoms with Gasteiger partial charge in [0.2, 0.25) is 11.8 Å². The van der Waals surface area contributed by atoms with Crippen LogP contribution in [0.25, 0.3) is 0 Å². The van der Waals surface area contributed by atoms with Gasteiger partial charge in [-0.1, -0.05) is 42.8 Å². The van der Waals surface area contributed by atoms with Gasteiger partial charge in [0.15, 0.2) is 9.75 Å². The minimum Gasteiger partial charge on any atom is -0.508 e. The first-order chi connectivity index (χ1) is 21.0. The number of aryl methyl sites for hydroxylation is 1. The van der Waals surface area contributed by atoms with E-state index in [1.165, 1.54) is 29.2 Å². The fourth-order valence-electron chi connectivity index (χ4n) is 7.61. The number of hydrogen-bond donors (Lipinski definition) is 1. The van der Waals surface area contributed by atoms with Crippen LogP contribution in [0.1, 0.15) is 36.8 Å². The number of rotatable bonds is 4. The number of amides is 4. The summed E-state index contributed by atoms with van der Waals surface area (Å²) >= 11 is 14.6. The summed E-state index contributed by atoms with van der Waals surface area (Å²) in [4.78, 5) is 54.5. The van der Waals surface area contributed by atoms with Crippen molar-refractivity contribution >= 4 is 58.2 Å². The molecule has 224 valence electrons. The molecule has 1 saturated carbocycles. The number of allylic oxidation sites excluding steroid dienone is 2. The van der Waals surface area contributed by atoms with Crippen LogP contribution in [-0.4, -0.2) is 38.5 Å². The summed E-state index contributed by atoms with van der Waals surface area (Å²) in [5.41, 5.74) is 2.69. The first kappa shape index (κ1) is 28.7. The average Bonchev–Trinajstić information content (AvgIpc) is 3.35. The SMILES string of the molecule is CCc1ccc(N2C(=O)C3CC=C4C(CC5(Cl)C(=O)N(c6ccc(F)cc6)C(=O)C5(Cl)C4c4cccc(O)c4)C3C2=O)cc1. The summed E-state index contributed by atoms with van der Waals surface area (Å²) in [5, 5.41) is 10.4. The van der Waals surface area contributed by atoms with Crippen LogP contribution in [0.15, 0.2) is 84.4 Å². The predicted molar refractivity (Wildman–Crippen MR) is 163 cm³/mol. The maximum Gasteiger partial charge on any atom is 0.258 e. The molecule has 4 aliphatic rings. The number of phenols is 1. The van der Waals surface area contributed by atoms with Crippen LogP contribution in [0.4, 0.5) is 15.8 Å². The van der Waals surface area contributed by atoms with Crippen LogP contribution in [0.3, 0.4) is 0 Å². The standard InChI is InChI=1S/C34H27Cl2FN2O5/c1-2-18-6-10-21(11-7-18)38-29(41)25-15-14-24-26(27(25)30(38)42)17-33(35)31(43)39(22-12-8-20(37)9-13-22)32(44)34(33,36)28(24)19-4-3-5-23(40)16-19/h3-14,16,25-28,40H,2,15,17H2,1H3. The molecule has 3 aromatic carbocycles. The fourth-order valence-corrected chi connectivity index (χ4v) is 8.55. The molecule has 2 saturated heterocycles. The van der Waals surface area contributed by atoms with Crippen molar-refractivity contribution in [2.45, 2.75) is 41.9 Å². The number of phenolic OH excluding ortho intramolecular Hbond substituents is 1. The molecule has 0 spiro atoms. The van der Waals surface area contributed by atoms with Crippen molar-refractivity contribution in [3.63, 3.8) is 0 Å². The van der Waals surface area contributed by atoms with Gasteiger partial charge in [0, 0.05) is 5.92 Å². The Bertz CT molecular complexity index is 1780. The molecule has 44 heavy (non-hydrogen) atoms. The Labute approximate surface area is 262 Å². The Hall–Kier alpha value is -4.01. The number of fused-ring (bicyclic) bond motifs is 4. The third-order valence-corrected chi connectivity index (χ3v) is 11.1. The quantitative estimate of drug-likeness (QED) is 0.221. The maximum absolute atomic E-state index is 14.3. The Kier molecular flexibility index (Phi) is 6.54. The Balaban J connectivity index is 1.37. The summed E-state index contributed by atoms with van der Waals surface area (Å²) in [6.07, 6.45) is 2.70. The average molecular weight is 634 g/mol. The van der Waals surface area contributed by atoms with E-state index in [1.54, 1.807) is 24.3 Å². The number of alkyl halides is 2. The molecule has 2 heterocycles. The van der Waals surface area contributed by atoms with Gasteiger partial charge in [-0.15, -0.1) is 23.2 Å². The lowest BCUT2D eigenvalue weighted by atomic mass is 9.56. The van der Waals surface area contributed by atoms with Crippen LogP contribution in [0.5, 0.6) is 5.75 Å². The van der Waals surface area contributed by atoms with E-state index < -0.39 is 57.0 Å². The molecule has 7 rings (SSSR count). The molecule has 7 nitrogen and oxygen atoms in total. The molecule has 2 aliphatic heterocycles. The lowest BCUT2D eigenvalue weighted by molar-refractivity contribution is -0.125. The van der Waals surface area contributed by atoms with E-state index in [1.807, 2.05) is 25.1 Å². The number of aromatic hydroxyl groups is 1. The number of imide groups is 2. The Morgan fingerprint density at radius 2 is 1.52 bits per heavy atom. The molecule has 3 fully saturated rings. The molecular weight excluding hydrogens is 606 g/mol. The minimum absolute atomic E-state index is 0.0830. The highest BCUT2D eigenvalue weighted by molar-refractivity contribution is 6.58. The van der Waals surface area contributed by atoms with Crippen molar-refractivity contribution in [3.05, 3.63) is 101 Å². The summed E-state index contributed by atoms with van der Waals surface area (Å²) in [5.74, 6) is -6.19. The zero-order chi connectivity index (χ0) is 31.1. The molecule has 6 atom stereocenters. The molecule has 0 radical (unpaired) electrons. The molecule has 2 aliphatic carbocycles. The zero-order valence-corrected chi connectivity index (χ0v) is 25.1. The second-order valence-corrected chi connectivity index (χ2v) is 13.1. The Morgan fingerprint density at radius 3 is 2.18 bits per heavy atom. The van der Waals surface area contributed by atoms with Gasteiger partial charge in [-0.2, -0.15) is 0 Å². The smallest absolute Gasteiger partial charge is 0.258 e. The lowest BCUT2D eigenvalue weighted by Crippen LogP contribution is -2.60. The molecule has 6 unspecified atom stereocenters. The van der Waals surface area contributed by atoms with E-state index in [0.717, 1.165) is 29.0 Å². The summed E-state index contributed by atoms with van der Waals surface area (Å²) in [7, 11) is 0. The van der Waals surface area contributed by atoms with Gasteiger partial charge in [-0.25, -0.2) is 9.29 Å². The third kappa shape index (κ3) is 3.80. The van der Waals surface area contributed by atoms with E-state index in [-0.39, 0.29) is 30.2 Å². The van der Waals surface area contributed by atoms with E-state index in [0.29, 0.717) is 16.8 Å². The van der Waals surface area contributed by atoms with Gasteiger partial charge >= 0.3 is 0 Å². The van der Waals surface area contributed by atoms with E-state index in [4.69, 9.17) is 23.2 Å². The minimum atomic E-state index is -2.05.